The number of rotatable bonds is 0. The average molecular weight is 276 g/mol. The van der Waals surface area contributed by atoms with Gasteiger partial charge in [0.2, 0.25) is 0 Å². The van der Waals surface area contributed by atoms with Gasteiger partial charge in [-0.2, -0.15) is 5.26 Å². The van der Waals surface area contributed by atoms with Crippen molar-refractivity contribution in [1.82, 2.24) is 4.90 Å². The van der Waals surface area contributed by atoms with Crippen molar-refractivity contribution in [1.29, 1.82) is 5.26 Å². The Kier molecular flexibility index (Phi) is 3.67. The van der Waals surface area contributed by atoms with Crippen molar-refractivity contribution < 1.29 is 13.9 Å². The van der Waals surface area contributed by atoms with Crippen molar-refractivity contribution in [3.05, 3.63) is 34.6 Å². The lowest BCUT2D eigenvalue weighted by atomic mass is 9.97. The fraction of sp³-hybridized carbons (Fsp3) is 0.467. The Morgan fingerprint density at radius 2 is 2.15 bits per heavy atom. The van der Waals surface area contributed by atoms with E-state index in [-0.39, 0.29) is 6.54 Å². The highest BCUT2D eigenvalue weighted by Crippen LogP contribution is 2.24. The molecule has 1 heterocycles. The van der Waals surface area contributed by atoms with Gasteiger partial charge in [0.05, 0.1) is 18.2 Å². The van der Waals surface area contributed by atoms with Gasteiger partial charge in [-0.1, -0.05) is 0 Å². The molecule has 0 aliphatic carbocycles. The van der Waals surface area contributed by atoms with Crippen LogP contribution in [0.1, 0.15) is 37.5 Å². The van der Waals surface area contributed by atoms with Gasteiger partial charge in [-0.25, -0.2) is 9.18 Å². The molecule has 5 heteroatoms. The van der Waals surface area contributed by atoms with Gasteiger partial charge in [0.25, 0.3) is 0 Å². The molecule has 0 aromatic heterocycles. The third-order valence-corrected chi connectivity index (χ3v) is 3.07. The second-order valence-corrected chi connectivity index (χ2v) is 5.86. The summed E-state index contributed by atoms with van der Waals surface area (Å²) in [7, 11) is 0. The van der Waals surface area contributed by atoms with E-state index in [1.165, 1.54) is 11.0 Å². The first-order chi connectivity index (χ1) is 9.30. The Morgan fingerprint density at radius 1 is 1.45 bits per heavy atom. The topological polar surface area (TPSA) is 53.3 Å². The zero-order valence-corrected chi connectivity index (χ0v) is 11.9. The molecule has 0 atom stereocenters. The predicted octanol–water partition coefficient (Wildman–Crippen LogP) is 2.99. The van der Waals surface area contributed by atoms with Crippen LogP contribution in [0, 0.1) is 17.1 Å². The summed E-state index contributed by atoms with van der Waals surface area (Å²) in [5.74, 6) is -0.438. The molecule has 1 aromatic carbocycles. The van der Waals surface area contributed by atoms with Crippen molar-refractivity contribution in [3.8, 4) is 6.07 Å². The van der Waals surface area contributed by atoms with Crippen molar-refractivity contribution >= 4 is 6.09 Å². The minimum Gasteiger partial charge on any atom is -0.444 e. The molecule has 0 spiro atoms. The molecular weight excluding hydrogens is 259 g/mol. The summed E-state index contributed by atoms with van der Waals surface area (Å²) in [5, 5.41) is 8.83. The summed E-state index contributed by atoms with van der Waals surface area (Å²) in [6, 6.07) is 4.83. The van der Waals surface area contributed by atoms with Crippen molar-refractivity contribution in [2.24, 2.45) is 0 Å². The number of hydrogen-bond donors (Lipinski definition) is 0. The number of ether oxygens (including phenoxy) is 1. The lowest BCUT2D eigenvalue weighted by molar-refractivity contribution is 0.0222. The first-order valence-electron chi connectivity index (χ1n) is 6.49. The van der Waals surface area contributed by atoms with Crippen molar-refractivity contribution in [2.75, 3.05) is 6.54 Å². The Morgan fingerprint density at radius 3 is 2.75 bits per heavy atom. The maximum absolute atomic E-state index is 14.0. The summed E-state index contributed by atoms with van der Waals surface area (Å²) < 4.78 is 19.3. The van der Waals surface area contributed by atoms with E-state index >= 15 is 0 Å². The van der Waals surface area contributed by atoms with Gasteiger partial charge in [0, 0.05) is 12.1 Å². The molecule has 0 saturated carbocycles. The van der Waals surface area contributed by atoms with Gasteiger partial charge in [-0.15, -0.1) is 0 Å². The molecule has 106 valence electrons. The molecule has 0 radical (unpaired) electrons. The van der Waals surface area contributed by atoms with Gasteiger partial charge >= 0.3 is 6.09 Å². The SMILES string of the molecule is CC(C)(C)OC(=O)N1CCc2cc(C#N)cc(F)c2C1. The Bertz CT molecular complexity index is 585. The third kappa shape index (κ3) is 3.08. The zero-order valence-electron chi connectivity index (χ0n) is 11.9. The minimum absolute atomic E-state index is 0.182. The molecule has 0 unspecified atom stereocenters. The Labute approximate surface area is 117 Å². The fourth-order valence-electron chi connectivity index (χ4n) is 2.17. The van der Waals surface area contributed by atoms with Crippen LogP contribution in [0.2, 0.25) is 0 Å². The quantitative estimate of drug-likeness (QED) is 0.732. The summed E-state index contributed by atoms with van der Waals surface area (Å²) in [4.78, 5) is 13.5. The number of carbonyl (C=O) groups excluding carboxylic acids is 1. The molecule has 20 heavy (non-hydrogen) atoms. The number of fused-ring (bicyclic) bond motifs is 1. The number of hydrogen-bond acceptors (Lipinski definition) is 3. The van der Waals surface area contributed by atoms with Crippen LogP contribution < -0.4 is 0 Å². The monoisotopic (exact) mass is 276 g/mol. The summed E-state index contributed by atoms with van der Waals surface area (Å²) in [6.45, 7) is 6.03. The number of nitrogens with zero attached hydrogens (tertiary/aromatic N) is 2. The van der Waals surface area contributed by atoms with E-state index in [0.717, 1.165) is 5.56 Å². The van der Waals surface area contributed by atoms with Gasteiger partial charge < -0.3 is 9.64 Å². The van der Waals surface area contributed by atoms with Crippen LogP contribution in [0.5, 0.6) is 0 Å². The van der Waals surface area contributed by atoms with Crippen LogP contribution in [-0.2, 0) is 17.7 Å². The maximum atomic E-state index is 14.0. The van der Waals surface area contributed by atoms with E-state index in [9.17, 15) is 9.18 Å². The van der Waals surface area contributed by atoms with E-state index in [1.807, 2.05) is 6.07 Å². The highest BCUT2D eigenvalue weighted by molar-refractivity contribution is 5.68. The van der Waals surface area contributed by atoms with E-state index in [0.29, 0.717) is 24.1 Å². The largest absolute Gasteiger partial charge is 0.444 e. The van der Waals surface area contributed by atoms with Gasteiger partial charge in [-0.3, -0.25) is 0 Å². The molecule has 0 N–H and O–H groups in total. The van der Waals surface area contributed by atoms with Crippen LogP contribution in [0.4, 0.5) is 9.18 Å². The van der Waals surface area contributed by atoms with E-state index in [2.05, 4.69) is 0 Å². The van der Waals surface area contributed by atoms with Gasteiger partial charge in [0.15, 0.2) is 0 Å². The molecule has 0 saturated heterocycles. The summed E-state index contributed by atoms with van der Waals surface area (Å²) in [6.07, 6.45) is 0.0907. The van der Waals surface area contributed by atoms with Gasteiger partial charge in [0.1, 0.15) is 11.4 Å². The molecule has 1 amide bonds. The highest BCUT2D eigenvalue weighted by Gasteiger charge is 2.27. The molecule has 0 fully saturated rings. The van der Waals surface area contributed by atoms with Gasteiger partial charge in [-0.05, 0) is 44.9 Å². The Hall–Kier alpha value is -2.09. The van der Waals surface area contributed by atoms with Crippen LogP contribution in [0.25, 0.3) is 0 Å². The number of nitriles is 1. The lowest BCUT2D eigenvalue weighted by Crippen LogP contribution is -2.40. The average Bonchev–Trinajstić information content (AvgIpc) is 2.36. The van der Waals surface area contributed by atoms with Crippen LogP contribution in [-0.4, -0.2) is 23.1 Å². The highest BCUT2D eigenvalue weighted by atomic mass is 19.1. The predicted molar refractivity (Wildman–Crippen MR) is 71.5 cm³/mol. The third-order valence-electron chi connectivity index (χ3n) is 3.07. The van der Waals surface area contributed by atoms with E-state index in [4.69, 9.17) is 10.00 Å². The number of amides is 1. The molecule has 1 aliphatic rings. The molecule has 4 nitrogen and oxygen atoms in total. The van der Waals surface area contributed by atoms with Crippen molar-refractivity contribution in [3.63, 3.8) is 0 Å². The standard InChI is InChI=1S/C15H17FN2O2/c1-15(2,3)20-14(19)18-5-4-11-6-10(8-17)7-13(16)12(11)9-18/h6-7H,4-5,9H2,1-3H3. The molecule has 0 bridgehead atoms. The fourth-order valence-corrected chi connectivity index (χ4v) is 2.17. The first-order valence-corrected chi connectivity index (χ1v) is 6.49. The molecule has 2 rings (SSSR count). The normalized spacial score (nSPS) is 14.4. The van der Waals surface area contributed by atoms with Crippen LogP contribution >= 0.6 is 0 Å². The molecular formula is C15H17FN2O2. The number of carbonyl (C=O) groups is 1. The second-order valence-electron chi connectivity index (χ2n) is 5.86. The lowest BCUT2D eigenvalue weighted by Gasteiger charge is -2.31. The second kappa shape index (κ2) is 5.12. The smallest absolute Gasteiger partial charge is 0.410 e. The van der Waals surface area contributed by atoms with Crippen molar-refractivity contribution in [2.45, 2.75) is 39.3 Å². The summed E-state index contributed by atoms with van der Waals surface area (Å²) >= 11 is 0. The minimum atomic E-state index is -0.569. The van der Waals surface area contributed by atoms with Crippen LogP contribution in [0.3, 0.4) is 0 Å². The maximum Gasteiger partial charge on any atom is 0.410 e. The number of halogens is 1. The van der Waals surface area contributed by atoms with E-state index < -0.39 is 17.5 Å². The van der Waals surface area contributed by atoms with E-state index in [1.54, 1.807) is 26.8 Å². The Balaban J connectivity index is 2.20. The first kappa shape index (κ1) is 14.3. The number of benzene rings is 1. The zero-order chi connectivity index (χ0) is 14.9. The summed E-state index contributed by atoms with van der Waals surface area (Å²) in [5.41, 5.74) is 1.01. The molecule has 1 aromatic rings. The van der Waals surface area contributed by atoms with Crippen LogP contribution in [0.15, 0.2) is 12.1 Å². The molecule has 1 aliphatic heterocycles.